The highest BCUT2D eigenvalue weighted by Gasteiger charge is 2.22. The van der Waals surface area contributed by atoms with Gasteiger partial charge in [0.1, 0.15) is 11.6 Å². The molecule has 1 fully saturated rings. The number of rotatable bonds is 4. The summed E-state index contributed by atoms with van der Waals surface area (Å²) >= 11 is 6.05. The number of fused-ring (bicyclic) bond motifs is 1. The lowest BCUT2D eigenvalue weighted by Crippen LogP contribution is -2.44. The Labute approximate surface area is 190 Å². The molecule has 1 aliphatic rings. The molecule has 2 heterocycles. The maximum absolute atomic E-state index is 14.7. The minimum absolute atomic E-state index is 0.0962. The van der Waals surface area contributed by atoms with E-state index in [-0.39, 0.29) is 10.8 Å². The molecule has 32 heavy (non-hydrogen) atoms. The molecule has 0 bridgehead atoms. The van der Waals surface area contributed by atoms with Crippen molar-refractivity contribution in [1.29, 1.82) is 0 Å². The lowest BCUT2D eigenvalue weighted by Gasteiger charge is -2.29. The first-order valence-corrected chi connectivity index (χ1v) is 11.0. The molecule has 1 N–H and O–H groups in total. The van der Waals surface area contributed by atoms with Gasteiger partial charge in [-0.3, -0.25) is 0 Å². The SMILES string of the molecule is Cc1cc(-c2ccccc2F)c2nc(N3CCNCC3)n(Cc3ccc(F)c(Cl)c3)c2c1. The van der Waals surface area contributed by atoms with Gasteiger partial charge in [0.25, 0.3) is 0 Å². The van der Waals surface area contributed by atoms with E-state index in [0.29, 0.717) is 12.1 Å². The number of nitrogens with zero attached hydrogens (tertiary/aromatic N) is 3. The number of piperazine rings is 1. The summed E-state index contributed by atoms with van der Waals surface area (Å²) in [6.07, 6.45) is 0. The lowest BCUT2D eigenvalue weighted by molar-refractivity contribution is 0.571. The molecule has 7 heteroatoms. The van der Waals surface area contributed by atoms with Crippen molar-refractivity contribution >= 4 is 28.6 Å². The van der Waals surface area contributed by atoms with Crippen LogP contribution in [0.25, 0.3) is 22.2 Å². The number of imidazole rings is 1. The smallest absolute Gasteiger partial charge is 0.206 e. The fraction of sp³-hybridized carbons (Fsp3) is 0.240. The molecule has 0 amide bonds. The zero-order valence-electron chi connectivity index (χ0n) is 17.7. The van der Waals surface area contributed by atoms with E-state index in [9.17, 15) is 8.78 Å². The van der Waals surface area contributed by atoms with Gasteiger partial charge in [0.2, 0.25) is 5.95 Å². The van der Waals surface area contributed by atoms with E-state index in [4.69, 9.17) is 16.6 Å². The van der Waals surface area contributed by atoms with Crippen LogP contribution in [0.15, 0.2) is 54.6 Å². The monoisotopic (exact) mass is 452 g/mol. The van der Waals surface area contributed by atoms with Gasteiger partial charge in [-0.05, 0) is 48.4 Å². The fourth-order valence-electron chi connectivity index (χ4n) is 4.32. The molecular formula is C25H23ClF2N4. The minimum Gasteiger partial charge on any atom is -0.340 e. The Morgan fingerprint density at radius 3 is 2.50 bits per heavy atom. The Bertz CT molecular complexity index is 1290. The molecule has 0 atom stereocenters. The number of aryl methyl sites for hydroxylation is 1. The Balaban J connectivity index is 1.72. The molecule has 1 aromatic heterocycles. The van der Waals surface area contributed by atoms with Crippen molar-refractivity contribution in [2.24, 2.45) is 0 Å². The average molecular weight is 453 g/mol. The zero-order chi connectivity index (χ0) is 22.2. The van der Waals surface area contributed by atoms with Crippen molar-refractivity contribution in [2.45, 2.75) is 13.5 Å². The van der Waals surface area contributed by atoms with Gasteiger partial charge in [-0.25, -0.2) is 13.8 Å². The molecule has 4 nitrogen and oxygen atoms in total. The lowest BCUT2D eigenvalue weighted by atomic mass is 10.0. The molecule has 1 aliphatic heterocycles. The molecule has 0 spiro atoms. The molecular weight excluding hydrogens is 430 g/mol. The highest BCUT2D eigenvalue weighted by atomic mass is 35.5. The molecule has 0 saturated carbocycles. The van der Waals surface area contributed by atoms with Gasteiger partial charge in [-0.2, -0.15) is 0 Å². The largest absolute Gasteiger partial charge is 0.340 e. The van der Waals surface area contributed by atoms with Gasteiger partial charge < -0.3 is 14.8 Å². The third-order valence-corrected chi connectivity index (χ3v) is 6.16. The predicted molar refractivity (Wildman–Crippen MR) is 125 cm³/mol. The molecule has 0 unspecified atom stereocenters. The van der Waals surface area contributed by atoms with E-state index in [1.54, 1.807) is 24.3 Å². The number of halogens is 3. The van der Waals surface area contributed by atoms with Crippen LogP contribution < -0.4 is 10.2 Å². The summed E-state index contributed by atoms with van der Waals surface area (Å²) in [6.45, 7) is 5.86. The first kappa shape index (κ1) is 20.9. The van der Waals surface area contributed by atoms with Gasteiger partial charge in [-0.15, -0.1) is 0 Å². The van der Waals surface area contributed by atoms with Crippen LogP contribution >= 0.6 is 11.6 Å². The Morgan fingerprint density at radius 1 is 0.969 bits per heavy atom. The van der Waals surface area contributed by atoms with Crippen molar-refractivity contribution in [3.63, 3.8) is 0 Å². The van der Waals surface area contributed by atoms with Crippen molar-refractivity contribution in [2.75, 3.05) is 31.1 Å². The summed E-state index contributed by atoms with van der Waals surface area (Å²) in [5.74, 6) is 0.110. The number of hydrogen-bond donors (Lipinski definition) is 1. The van der Waals surface area contributed by atoms with Gasteiger partial charge >= 0.3 is 0 Å². The third kappa shape index (κ3) is 3.85. The molecule has 4 aromatic rings. The second-order valence-corrected chi connectivity index (χ2v) is 8.55. The highest BCUT2D eigenvalue weighted by Crippen LogP contribution is 2.35. The maximum Gasteiger partial charge on any atom is 0.206 e. The van der Waals surface area contributed by atoms with Crippen LogP contribution in [0.2, 0.25) is 5.02 Å². The van der Waals surface area contributed by atoms with Crippen LogP contribution in [-0.2, 0) is 6.54 Å². The Morgan fingerprint density at radius 2 is 1.75 bits per heavy atom. The van der Waals surface area contributed by atoms with E-state index in [2.05, 4.69) is 20.9 Å². The molecule has 1 saturated heterocycles. The standard InChI is InChI=1S/C25H23ClF2N4/c1-16-12-19(18-4-2-3-5-21(18)27)24-23(13-16)32(15-17-6-7-22(28)20(26)14-17)25(30-24)31-10-8-29-9-11-31/h2-7,12-14,29H,8-11,15H2,1H3. The summed E-state index contributed by atoms with van der Waals surface area (Å²) in [5.41, 5.74) is 4.86. The quantitative estimate of drug-likeness (QED) is 0.450. The number of hydrogen-bond acceptors (Lipinski definition) is 3. The van der Waals surface area contributed by atoms with E-state index in [1.807, 2.05) is 19.1 Å². The van der Waals surface area contributed by atoms with Gasteiger partial charge in [0, 0.05) is 37.3 Å². The number of benzene rings is 3. The number of nitrogens with one attached hydrogen (secondary N) is 1. The number of aromatic nitrogens is 2. The van der Waals surface area contributed by atoms with E-state index in [0.717, 1.165) is 59.9 Å². The van der Waals surface area contributed by atoms with Crippen LogP contribution in [0.3, 0.4) is 0 Å². The summed E-state index contributed by atoms with van der Waals surface area (Å²) in [5, 5.41) is 3.46. The first-order chi connectivity index (χ1) is 15.5. The zero-order valence-corrected chi connectivity index (χ0v) is 18.5. The average Bonchev–Trinajstić information content (AvgIpc) is 3.15. The molecule has 164 valence electrons. The van der Waals surface area contributed by atoms with Crippen LogP contribution in [0.4, 0.5) is 14.7 Å². The van der Waals surface area contributed by atoms with Crippen LogP contribution in [0.5, 0.6) is 0 Å². The summed E-state index contributed by atoms with van der Waals surface area (Å²) in [7, 11) is 0. The first-order valence-electron chi connectivity index (χ1n) is 10.7. The Kier molecular flexibility index (Phi) is 5.57. The van der Waals surface area contributed by atoms with Crippen LogP contribution in [-0.4, -0.2) is 35.7 Å². The molecule has 3 aromatic carbocycles. The van der Waals surface area contributed by atoms with Crippen molar-refractivity contribution < 1.29 is 8.78 Å². The highest BCUT2D eigenvalue weighted by molar-refractivity contribution is 6.30. The number of anilines is 1. The van der Waals surface area contributed by atoms with Crippen molar-refractivity contribution in [3.8, 4) is 11.1 Å². The van der Waals surface area contributed by atoms with Crippen LogP contribution in [0.1, 0.15) is 11.1 Å². The van der Waals surface area contributed by atoms with Crippen LogP contribution in [0, 0.1) is 18.6 Å². The molecule has 5 rings (SSSR count). The van der Waals surface area contributed by atoms with Gasteiger partial charge in [-0.1, -0.05) is 35.9 Å². The van der Waals surface area contributed by atoms with E-state index in [1.165, 1.54) is 12.1 Å². The third-order valence-electron chi connectivity index (χ3n) is 5.87. The molecule has 0 radical (unpaired) electrons. The molecule has 0 aliphatic carbocycles. The summed E-state index contributed by atoms with van der Waals surface area (Å²) in [4.78, 5) is 7.26. The van der Waals surface area contributed by atoms with Gasteiger partial charge in [0.05, 0.1) is 22.6 Å². The maximum atomic E-state index is 14.7. The second kappa shape index (κ2) is 8.52. The van der Waals surface area contributed by atoms with Crippen molar-refractivity contribution in [3.05, 3.63) is 82.4 Å². The van der Waals surface area contributed by atoms with E-state index < -0.39 is 5.82 Å². The Hall–Kier alpha value is -2.96. The second-order valence-electron chi connectivity index (χ2n) is 8.14. The van der Waals surface area contributed by atoms with Crippen molar-refractivity contribution in [1.82, 2.24) is 14.9 Å². The topological polar surface area (TPSA) is 33.1 Å². The summed E-state index contributed by atoms with van der Waals surface area (Å²) < 4.78 is 30.6. The summed E-state index contributed by atoms with van der Waals surface area (Å²) in [6, 6.07) is 15.6. The minimum atomic E-state index is -0.439. The normalized spacial score (nSPS) is 14.3. The van der Waals surface area contributed by atoms with E-state index >= 15 is 0 Å². The predicted octanol–water partition coefficient (Wildman–Crippen LogP) is 5.40. The fourth-order valence-corrected chi connectivity index (χ4v) is 4.52. The van der Waals surface area contributed by atoms with Gasteiger partial charge in [0.15, 0.2) is 0 Å².